The summed E-state index contributed by atoms with van der Waals surface area (Å²) >= 11 is 0. The number of aryl methyl sites for hydroxylation is 1. The van der Waals surface area contributed by atoms with Gasteiger partial charge in [0.25, 0.3) is 0 Å². The third-order valence-corrected chi connectivity index (χ3v) is 3.61. The van der Waals surface area contributed by atoms with Gasteiger partial charge in [-0.15, -0.1) is 0 Å². The first-order chi connectivity index (χ1) is 9.65. The van der Waals surface area contributed by atoms with Gasteiger partial charge in [-0.25, -0.2) is 4.39 Å². The molecule has 0 heterocycles. The summed E-state index contributed by atoms with van der Waals surface area (Å²) < 4.78 is 12.9. The first-order valence-corrected chi connectivity index (χ1v) is 7.20. The van der Waals surface area contributed by atoms with Crippen molar-refractivity contribution in [1.29, 1.82) is 0 Å². The molecule has 0 aliphatic heterocycles. The average molecular weight is 271 g/mol. The molecule has 0 bridgehead atoms. The van der Waals surface area contributed by atoms with Crippen LogP contribution in [0.1, 0.15) is 37.4 Å². The molecular weight excluding hydrogens is 249 g/mol. The van der Waals surface area contributed by atoms with Crippen LogP contribution in [-0.4, -0.2) is 6.04 Å². The van der Waals surface area contributed by atoms with E-state index in [-0.39, 0.29) is 11.9 Å². The number of hydrogen-bond donors (Lipinski definition) is 1. The van der Waals surface area contributed by atoms with Crippen LogP contribution in [0.25, 0.3) is 0 Å². The van der Waals surface area contributed by atoms with Gasteiger partial charge in [-0.2, -0.15) is 0 Å². The summed E-state index contributed by atoms with van der Waals surface area (Å²) in [5, 5.41) is 3.56. The Hall–Kier alpha value is -1.67. The molecule has 0 aliphatic carbocycles. The van der Waals surface area contributed by atoms with Gasteiger partial charge in [-0.3, -0.25) is 0 Å². The van der Waals surface area contributed by atoms with E-state index in [2.05, 4.69) is 43.4 Å². The van der Waals surface area contributed by atoms with E-state index in [9.17, 15) is 4.39 Å². The minimum absolute atomic E-state index is 0.182. The van der Waals surface area contributed by atoms with Crippen molar-refractivity contribution in [2.45, 2.75) is 38.8 Å². The molecule has 0 radical (unpaired) electrons. The van der Waals surface area contributed by atoms with Gasteiger partial charge in [-0.05, 0) is 49.9 Å². The molecule has 2 heteroatoms. The number of benzene rings is 2. The Bertz CT molecular complexity index is 507. The Kier molecular flexibility index (Phi) is 5.31. The maximum Gasteiger partial charge on any atom is 0.123 e. The van der Waals surface area contributed by atoms with Crippen LogP contribution >= 0.6 is 0 Å². The van der Waals surface area contributed by atoms with Gasteiger partial charge < -0.3 is 5.32 Å². The van der Waals surface area contributed by atoms with E-state index < -0.39 is 0 Å². The van der Waals surface area contributed by atoms with Crippen molar-refractivity contribution < 1.29 is 4.39 Å². The van der Waals surface area contributed by atoms with Crippen molar-refractivity contribution in [3.63, 3.8) is 0 Å². The van der Waals surface area contributed by atoms with Crippen LogP contribution in [0.5, 0.6) is 0 Å². The van der Waals surface area contributed by atoms with Crippen LogP contribution in [0, 0.1) is 5.82 Å². The summed E-state index contributed by atoms with van der Waals surface area (Å²) in [6.45, 7) is 4.31. The molecule has 2 unspecified atom stereocenters. The van der Waals surface area contributed by atoms with Gasteiger partial charge in [0.2, 0.25) is 0 Å². The molecule has 0 saturated heterocycles. The molecule has 2 aromatic rings. The minimum Gasteiger partial charge on any atom is -0.308 e. The van der Waals surface area contributed by atoms with Crippen molar-refractivity contribution in [2.24, 2.45) is 0 Å². The van der Waals surface area contributed by atoms with Crippen LogP contribution in [0.2, 0.25) is 0 Å². The number of hydrogen-bond acceptors (Lipinski definition) is 1. The number of rotatable bonds is 6. The summed E-state index contributed by atoms with van der Waals surface area (Å²) in [6, 6.07) is 17.9. The molecule has 0 fully saturated rings. The molecule has 1 N–H and O–H groups in total. The second-order valence-corrected chi connectivity index (χ2v) is 5.37. The number of nitrogens with one attached hydrogen (secondary N) is 1. The van der Waals surface area contributed by atoms with E-state index in [0.29, 0.717) is 6.04 Å². The third-order valence-electron chi connectivity index (χ3n) is 3.61. The summed E-state index contributed by atoms with van der Waals surface area (Å²) in [6.07, 6.45) is 2.17. The van der Waals surface area contributed by atoms with Crippen molar-refractivity contribution in [3.05, 3.63) is 71.5 Å². The molecule has 0 aromatic heterocycles. The fourth-order valence-corrected chi connectivity index (χ4v) is 2.39. The highest BCUT2D eigenvalue weighted by atomic mass is 19.1. The molecule has 20 heavy (non-hydrogen) atoms. The minimum atomic E-state index is -0.182. The zero-order chi connectivity index (χ0) is 14.4. The van der Waals surface area contributed by atoms with Crippen LogP contribution in [0.3, 0.4) is 0 Å². The van der Waals surface area contributed by atoms with Gasteiger partial charge in [0.15, 0.2) is 0 Å². The molecule has 0 saturated carbocycles. The summed E-state index contributed by atoms with van der Waals surface area (Å²) in [7, 11) is 0. The highest BCUT2D eigenvalue weighted by Crippen LogP contribution is 2.15. The predicted octanol–water partition coefficient (Wildman–Crippen LogP) is 4.50. The maximum atomic E-state index is 12.9. The third kappa shape index (κ3) is 4.46. The first kappa shape index (κ1) is 14.7. The molecule has 0 aliphatic rings. The Morgan fingerprint density at radius 3 is 2.25 bits per heavy atom. The van der Waals surface area contributed by atoms with E-state index >= 15 is 0 Å². The Labute approximate surface area is 120 Å². The highest BCUT2D eigenvalue weighted by molar-refractivity contribution is 5.19. The van der Waals surface area contributed by atoms with Crippen LogP contribution in [-0.2, 0) is 6.42 Å². The molecule has 2 aromatic carbocycles. The van der Waals surface area contributed by atoms with Crippen molar-refractivity contribution in [1.82, 2.24) is 5.32 Å². The second kappa shape index (κ2) is 7.20. The van der Waals surface area contributed by atoms with Gasteiger partial charge in [-0.1, -0.05) is 42.5 Å². The molecule has 2 rings (SSSR count). The van der Waals surface area contributed by atoms with Crippen molar-refractivity contribution in [3.8, 4) is 0 Å². The Balaban J connectivity index is 1.82. The second-order valence-electron chi connectivity index (χ2n) is 5.37. The molecule has 1 nitrogen and oxygen atoms in total. The SMILES string of the molecule is CC(CCc1ccccc1)NC(C)c1ccc(F)cc1. The average Bonchev–Trinajstić information content (AvgIpc) is 2.47. The lowest BCUT2D eigenvalue weighted by molar-refractivity contribution is 0.456. The molecule has 106 valence electrons. The fraction of sp³-hybridized carbons (Fsp3) is 0.333. The van der Waals surface area contributed by atoms with Crippen molar-refractivity contribution in [2.75, 3.05) is 0 Å². The zero-order valence-electron chi connectivity index (χ0n) is 12.1. The van der Waals surface area contributed by atoms with Crippen LogP contribution in [0.15, 0.2) is 54.6 Å². The Morgan fingerprint density at radius 1 is 0.950 bits per heavy atom. The van der Waals surface area contributed by atoms with Crippen LogP contribution in [0.4, 0.5) is 4.39 Å². The van der Waals surface area contributed by atoms with E-state index in [1.807, 2.05) is 18.2 Å². The topological polar surface area (TPSA) is 12.0 Å². The van der Waals surface area contributed by atoms with Crippen molar-refractivity contribution >= 4 is 0 Å². The van der Waals surface area contributed by atoms with E-state index in [0.717, 1.165) is 18.4 Å². The largest absolute Gasteiger partial charge is 0.308 e. The Morgan fingerprint density at radius 2 is 1.60 bits per heavy atom. The van der Waals surface area contributed by atoms with Gasteiger partial charge >= 0.3 is 0 Å². The predicted molar refractivity (Wildman–Crippen MR) is 82.2 cm³/mol. The van der Waals surface area contributed by atoms with Gasteiger partial charge in [0.1, 0.15) is 5.82 Å². The maximum absolute atomic E-state index is 12.9. The standard InChI is InChI=1S/C18H22FN/c1-14(8-9-16-6-4-3-5-7-16)20-15(2)17-10-12-18(19)13-11-17/h3-7,10-15,20H,8-9H2,1-2H3. The summed E-state index contributed by atoms with van der Waals surface area (Å²) in [4.78, 5) is 0. The van der Waals surface area contributed by atoms with Gasteiger partial charge in [0, 0.05) is 12.1 Å². The molecule has 0 spiro atoms. The fourth-order valence-electron chi connectivity index (χ4n) is 2.39. The lowest BCUT2D eigenvalue weighted by Gasteiger charge is -2.20. The summed E-state index contributed by atoms with van der Waals surface area (Å²) in [5.74, 6) is -0.182. The normalized spacial score (nSPS) is 13.9. The molecular formula is C18H22FN. The first-order valence-electron chi connectivity index (χ1n) is 7.20. The lowest BCUT2D eigenvalue weighted by Crippen LogP contribution is -2.29. The zero-order valence-corrected chi connectivity index (χ0v) is 12.1. The lowest BCUT2D eigenvalue weighted by atomic mass is 10.0. The van der Waals surface area contributed by atoms with Gasteiger partial charge in [0.05, 0.1) is 0 Å². The monoisotopic (exact) mass is 271 g/mol. The van der Waals surface area contributed by atoms with E-state index in [1.54, 1.807) is 0 Å². The molecule has 2 atom stereocenters. The highest BCUT2D eigenvalue weighted by Gasteiger charge is 2.09. The number of halogens is 1. The van der Waals surface area contributed by atoms with E-state index in [1.165, 1.54) is 17.7 Å². The quantitative estimate of drug-likeness (QED) is 0.815. The van der Waals surface area contributed by atoms with E-state index in [4.69, 9.17) is 0 Å². The van der Waals surface area contributed by atoms with Crippen LogP contribution < -0.4 is 5.32 Å². The molecule has 0 amide bonds. The smallest absolute Gasteiger partial charge is 0.123 e. The summed E-state index contributed by atoms with van der Waals surface area (Å²) in [5.41, 5.74) is 2.49.